The number of para-hydroxylation sites is 1. The Kier molecular flexibility index (Phi) is 5.60. The SMILES string of the molecule is COc1ccccc1-c1coc2c3c(ccc2c1=O)OCN(CCc1ccc(Cl)cc1)C3. The van der Waals surface area contributed by atoms with Crippen LogP contribution in [0.15, 0.2) is 76.1 Å². The second-order valence-electron chi connectivity index (χ2n) is 7.80. The van der Waals surface area contributed by atoms with E-state index in [1.807, 2.05) is 54.6 Å². The maximum atomic E-state index is 13.3. The van der Waals surface area contributed by atoms with Crippen LogP contribution >= 0.6 is 11.6 Å². The minimum atomic E-state index is -0.0863. The average molecular weight is 448 g/mol. The Balaban J connectivity index is 1.45. The first kappa shape index (κ1) is 20.6. The van der Waals surface area contributed by atoms with Crippen molar-refractivity contribution in [1.82, 2.24) is 4.90 Å². The molecule has 1 aromatic heterocycles. The van der Waals surface area contributed by atoms with E-state index >= 15 is 0 Å². The molecule has 4 aromatic rings. The van der Waals surface area contributed by atoms with Crippen molar-refractivity contribution in [2.75, 3.05) is 20.4 Å². The van der Waals surface area contributed by atoms with E-state index in [1.54, 1.807) is 13.2 Å². The van der Waals surface area contributed by atoms with E-state index in [1.165, 1.54) is 11.8 Å². The van der Waals surface area contributed by atoms with Gasteiger partial charge in [-0.15, -0.1) is 0 Å². The number of halogens is 1. The summed E-state index contributed by atoms with van der Waals surface area (Å²) in [6, 6.07) is 19.0. The topological polar surface area (TPSA) is 51.9 Å². The fourth-order valence-corrected chi connectivity index (χ4v) is 4.22. The zero-order chi connectivity index (χ0) is 22.1. The van der Waals surface area contributed by atoms with Crippen molar-refractivity contribution in [1.29, 1.82) is 0 Å². The number of rotatable bonds is 5. The number of methoxy groups -OCH3 is 1. The smallest absolute Gasteiger partial charge is 0.200 e. The third-order valence-corrected chi connectivity index (χ3v) is 6.06. The highest BCUT2D eigenvalue weighted by Crippen LogP contribution is 2.34. The summed E-state index contributed by atoms with van der Waals surface area (Å²) in [7, 11) is 1.59. The molecule has 3 aromatic carbocycles. The van der Waals surface area contributed by atoms with Gasteiger partial charge >= 0.3 is 0 Å². The van der Waals surface area contributed by atoms with Crippen LogP contribution in [0.5, 0.6) is 11.5 Å². The Labute approximate surface area is 190 Å². The third kappa shape index (κ3) is 3.85. The Morgan fingerprint density at radius 2 is 1.84 bits per heavy atom. The summed E-state index contributed by atoms with van der Waals surface area (Å²) in [5.41, 5.74) is 3.79. The van der Waals surface area contributed by atoms with Crippen molar-refractivity contribution in [2.24, 2.45) is 0 Å². The van der Waals surface area contributed by atoms with Crippen LogP contribution in [0.3, 0.4) is 0 Å². The van der Waals surface area contributed by atoms with Crippen LogP contribution in [0.25, 0.3) is 22.1 Å². The van der Waals surface area contributed by atoms with Gasteiger partial charge in [0.15, 0.2) is 0 Å². The molecule has 0 saturated heterocycles. The van der Waals surface area contributed by atoms with E-state index in [2.05, 4.69) is 4.90 Å². The number of ether oxygens (including phenoxy) is 2. The molecule has 0 radical (unpaired) electrons. The van der Waals surface area contributed by atoms with E-state index in [-0.39, 0.29) is 5.43 Å². The quantitative estimate of drug-likeness (QED) is 0.403. The normalized spacial score (nSPS) is 13.6. The summed E-state index contributed by atoms with van der Waals surface area (Å²) in [4.78, 5) is 15.5. The van der Waals surface area contributed by atoms with Crippen LogP contribution < -0.4 is 14.9 Å². The number of fused-ring (bicyclic) bond motifs is 3. The zero-order valence-electron chi connectivity index (χ0n) is 17.6. The van der Waals surface area contributed by atoms with Crippen molar-refractivity contribution >= 4 is 22.6 Å². The molecule has 32 heavy (non-hydrogen) atoms. The van der Waals surface area contributed by atoms with Gasteiger partial charge < -0.3 is 13.9 Å². The van der Waals surface area contributed by atoms with Gasteiger partial charge in [-0.2, -0.15) is 0 Å². The predicted octanol–water partition coefficient (Wildman–Crippen LogP) is 5.52. The van der Waals surface area contributed by atoms with Crippen LogP contribution in [0.4, 0.5) is 0 Å². The van der Waals surface area contributed by atoms with Gasteiger partial charge in [0, 0.05) is 23.7 Å². The fourth-order valence-electron chi connectivity index (χ4n) is 4.09. The van der Waals surface area contributed by atoms with Crippen molar-refractivity contribution in [2.45, 2.75) is 13.0 Å². The van der Waals surface area contributed by atoms with Crippen LogP contribution in [0, 0.1) is 0 Å². The first-order chi connectivity index (χ1) is 15.6. The highest BCUT2D eigenvalue weighted by molar-refractivity contribution is 6.30. The molecule has 1 aliphatic heterocycles. The van der Waals surface area contributed by atoms with Gasteiger partial charge in [-0.1, -0.05) is 41.9 Å². The maximum Gasteiger partial charge on any atom is 0.200 e. The van der Waals surface area contributed by atoms with Gasteiger partial charge in [0.2, 0.25) is 5.43 Å². The van der Waals surface area contributed by atoms with Crippen LogP contribution in [0.1, 0.15) is 11.1 Å². The molecule has 0 aliphatic carbocycles. The van der Waals surface area contributed by atoms with E-state index in [0.29, 0.717) is 41.1 Å². The molecule has 0 bridgehead atoms. The van der Waals surface area contributed by atoms with Gasteiger partial charge in [0.1, 0.15) is 30.1 Å². The predicted molar refractivity (Wildman–Crippen MR) is 126 cm³/mol. The Morgan fingerprint density at radius 3 is 2.66 bits per heavy atom. The first-order valence-corrected chi connectivity index (χ1v) is 10.8. The Bertz CT molecular complexity index is 1330. The number of hydrogen-bond acceptors (Lipinski definition) is 5. The van der Waals surface area contributed by atoms with Crippen molar-refractivity contribution in [3.63, 3.8) is 0 Å². The molecule has 2 heterocycles. The molecule has 0 amide bonds. The van der Waals surface area contributed by atoms with E-state index in [9.17, 15) is 4.79 Å². The van der Waals surface area contributed by atoms with Crippen molar-refractivity contribution < 1.29 is 13.9 Å². The summed E-state index contributed by atoms with van der Waals surface area (Å²) in [6.45, 7) is 1.97. The third-order valence-electron chi connectivity index (χ3n) is 5.81. The molecule has 0 spiro atoms. The van der Waals surface area contributed by atoms with E-state index in [4.69, 9.17) is 25.5 Å². The lowest BCUT2D eigenvalue weighted by Crippen LogP contribution is -2.33. The Hall–Kier alpha value is -3.28. The molecular formula is C26H22ClNO4. The van der Waals surface area contributed by atoms with Gasteiger partial charge in [-0.25, -0.2) is 0 Å². The second-order valence-corrected chi connectivity index (χ2v) is 8.24. The monoisotopic (exact) mass is 447 g/mol. The zero-order valence-corrected chi connectivity index (χ0v) is 18.4. The standard InChI is InChI=1S/C26H22ClNO4/c1-30-23-5-3-2-4-19(23)22-15-31-26-20(25(22)29)10-11-24-21(26)14-28(16-32-24)13-12-17-6-8-18(27)9-7-17/h2-11,15H,12-14,16H2,1H3. The Morgan fingerprint density at radius 1 is 1.03 bits per heavy atom. The summed E-state index contributed by atoms with van der Waals surface area (Å²) < 4.78 is 17.4. The average Bonchev–Trinajstić information content (AvgIpc) is 2.83. The molecule has 5 nitrogen and oxygen atoms in total. The molecular weight excluding hydrogens is 426 g/mol. The van der Waals surface area contributed by atoms with Crippen molar-refractivity contribution in [3.8, 4) is 22.6 Å². The molecule has 0 unspecified atom stereocenters. The summed E-state index contributed by atoms with van der Waals surface area (Å²) >= 11 is 5.98. The molecule has 6 heteroatoms. The van der Waals surface area contributed by atoms with Gasteiger partial charge in [-0.05, 0) is 42.3 Å². The maximum absolute atomic E-state index is 13.3. The van der Waals surface area contributed by atoms with Gasteiger partial charge in [-0.3, -0.25) is 9.69 Å². The lowest BCUT2D eigenvalue weighted by Gasteiger charge is -2.29. The van der Waals surface area contributed by atoms with E-state index in [0.717, 1.165) is 29.3 Å². The van der Waals surface area contributed by atoms with Gasteiger partial charge in [0.25, 0.3) is 0 Å². The minimum Gasteiger partial charge on any atom is -0.496 e. The van der Waals surface area contributed by atoms with Crippen LogP contribution in [-0.2, 0) is 13.0 Å². The molecule has 0 atom stereocenters. The highest BCUT2D eigenvalue weighted by atomic mass is 35.5. The number of benzene rings is 3. The second kappa shape index (κ2) is 8.69. The first-order valence-electron chi connectivity index (χ1n) is 10.4. The summed E-state index contributed by atoms with van der Waals surface area (Å²) in [5.74, 6) is 1.39. The number of nitrogens with zero attached hydrogens (tertiary/aromatic N) is 1. The minimum absolute atomic E-state index is 0.0863. The molecule has 0 fully saturated rings. The van der Waals surface area contributed by atoms with Crippen LogP contribution in [0.2, 0.25) is 5.02 Å². The molecule has 0 saturated carbocycles. The molecule has 1 aliphatic rings. The lowest BCUT2D eigenvalue weighted by atomic mass is 10.0. The summed E-state index contributed by atoms with van der Waals surface area (Å²) in [6.07, 6.45) is 2.40. The van der Waals surface area contributed by atoms with Crippen LogP contribution in [-0.4, -0.2) is 25.3 Å². The molecule has 0 N–H and O–H groups in total. The summed E-state index contributed by atoms with van der Waals surface area (Å²) in [5, 5.41) is 1.27. The largest absolute Gasteiger partial charge is 0.496 e. The fraction of sp³-hybridized carbons (Fsp3) is 0.192. The molecule has 162 valence electrons. The van der Waals surface area contributed by atoms with Crippen molar-refractivity contribution in [3.05, 3.63) is 93.3 Å². The number of hydrogen-bond donors (Lipinski definition) is 0. The lowest BCUT2D eigenvalue weighted by molar-refractivity contribution is 0.0968. The highest BCUT2D eigenvalue weighted by Gasteiger charge is 2.23. The van der Waals surface area contributed by atoms with E-state index < -0.39 is 0 Å². The molecule has 5 rings (SSSR count). The van der Waals surface area contributed by atoms with Gasteiger partial charge in [0.05, 0.1) is 23.6 Å².